The van der Waals surface area contributed by atoms with Crippen molar-refractivity contribution in [2.75, 3.05) is 16.4 Å². The highest BCUT2D eigenvalue weighted by Gasteiger charge is 2.24. The highest BCUT2D eigenvalue weighted by Crippen LogP contribution is 2.32. The van der Waals surface area contributed by atoms with Crippen LogP contribution in [0.2, 0.25) is 10.0 Å². The molecule has 0 aliphatic heterocycles. The Hall–Kier alpha value is -3.62. The third kappa shape index (κ3) is 4.48. The number of carbonyl (C=O) groups excluding carboxylic acids is 2. The van der Waals surface area contributed by atoms with E-state index in [-0.39, 0.29) is 33.9 Å². The van der Waals surface area contributed by atoms with Gasteiger partial charge < -0.3 is 20.9 Å². The van der Waals surface area contributed by atoms with Gasteiger partial charge in [-0.05, 0) is 50.2 Å². The van der Waals surface area contributed by atoms with Crippen LogP contribution >= 0.6 is 23.2 Å². The van der Waals surface area contributed by atoms with Crippen LogP contribution in [0.15, 0.2) is 55.0 Å². The van der Waals surface area contributed by atoms with Crippen molar-refractivity contribution in [1.82, 2.24) is 14.5 Å². The first-order valence-corrected chi connectivity index (χ1v) is 10.8. The Bertz CT molecular complexity index is 1370. The van der Waals surface area contributed by atoms with Crippen LogP contribution in [0.5, 0.6) is 0 Å². The fourth-order valence-electron chi connectivity index (χ4n) is 3.44. The van der Waals surface area contributed by atoms with Gasteiger partial charge in [-0.1, -0.05) is 29.3 Å². The number of nitrogens with two attached hydrogens (primary N) is 1. The van der Waals surface area contributed by atoms with Crippen molar-refractivity contribution < 1.29 is 9.59 Å². The van der Waals surface area contributed by atoms with E-state index < -0.39 is 6.03 Å². The molecule has 0 unspecified atom stereocenters. The third-order valence-corrected chi connectivity index (χ3v) is 5.69. The van der Waals surface area contributed by atoms with Crippen molar-refractivity contribution in [1.29, 1.82) is 0 Å². The molecule has 8 nitrogen and oxygen atoms in total. The maximum atomic E-state index is 13.5. The molecule has 0 bridgehead atoms. The minimum absolute atomic E-state index is 0.0448. The lowest BCUT2D eigenvalue weighted by atomic mass is 10.0. The number of nitrogen functional groups attached to an aromatic ring is 1. The standard InChI is InChI=1S/C23H20Cl2N6O2/c1-12(2)31-10-16(18-21(26)27-11-28-22(18)31)20(32)15-4-3-5-17(19(15)25)30-23(33)29-14-8-6-13(24)7-9-14/h3-12H,1-2H3,(H2,26,27,28)(H2,29,30,33). The van der Waals surface area contributed by atoms with Crippen molar-refractivity contribution in [3.8, 4) is 0 Å². The summed E-state index contributed by atoms with van der Waals surface area (Å²) >= 11 is 12.4. The molecule has 2 amide bonds. The van der Waals surface area contributed by atoms with E-state index >= 15 is 0 Å². The minimum atomic E-state index is -0.516. The first kappa shape index (κ1) is 22.6. The fourth-order valence-corrected chi connectivity index (χ4v) is 3.83. The van der Waals surface area contributed by atoms with Gasteiger partial charge in [0, 0.05) is 28.5 Å². The van der Waals surface area contributed by atoms with Crippen LogP contribution in [0, 0.1) is 0 Å². The molecule has 2 aromatic carbocycles. The van der Waals surface area contributed by atoms with E-state index in [1.807, 2.05) is 18.4 Å². The Kier molecular flexibility index (Phi) is 6.22. The Morgan fingerprint density at radius 1 is 1.00 bits per heavy atom. The number of fused-ring (bicyclic) bond motifs is 1. The Morgan fingerprint density at radius 2 is 1.73 bits per heavy atom. The Labute approximate surface area is 199 Å². The molecule has 4 aromatic rings. The molecule has 0 aliphatic rings. The van der Waals surface area contributed by atoms with Crippen molar-refractivity contribution in [2.45, 2.75) is 19.9 Å². The number of hydrogen-bond donors (Lipinski definition) is 3. The van der Waals surface area contributed by atoms with Gasteiger partial charge in [0.1, 0.15) is 17.8 Å². The predicted octanol–water partition coefficient (Wildman–Crippen LogP) is 5.78. The number of aromatic nitrogens is 3. The van der Waals surface area contributed by atoms with E-state index in [1.165, 1.54) is 6.33 Å². The molecular formula is C23H20Cl2N6O2. The van der Waals surface area contributed by atoms with Gasteiger partial charge in [0.05, 0.1) is 21.7 Å². The van der Waals surface area contributed by atoms with Crippen molar-refractivity contribution in [3.63, 3.8) is 0 Å². The quantitative estimate of drug-likeness (QED) is 0.312. The first-order chi connectivity index (χ1) is 15.8. The van der Waals surface area contributed by atoms with E-state index in [0.717, 1.165) is 0 Å². The van der Waals surface area contributed by atoms with Gasteiger partial charge in [0.25, 0.3) is 0 Å². The number of ketones is 1. The summed E-state index contributed by atoms with van der Waals surface area (Å²) in [5.41, 5.74) is 8.03. The molecule has 4 N–H and O–H groups in total. The molecule has 10 heteroatoms. The summed E-state index contributed by atoms with van der Waals surface area (Å²) in [7, 11) is 0. The number of anilines is 3. The van der Waals surface area contributed by atoms with Gasteiger partial charge in [-0.25, -0.2) is 14.8 Å². The number of nitrogens with zero attached hydrogens (tertiary/aromatic N) is 3. The molecule has 0 radical (unpaired) electrons. The number of carbonyl (C=O) groups is 2. The summed E-state index contributed by atoms with van der Waals surface area (Å²) < 4.78 is 1.86. The molecule has 2 heterocycles. The van der Waals surface area contributed by atoms with Gasteiger partial charge in [0.15, 0.2) is 5.78 Å². The minimum Gasteiger partial charge on any atom is -0.383 e. The zero-order valence-electron chi connectivity index (χ0n) is 17.8. The normalized spacial score (nSPS) is 11.1. The van der Waals surface area contributed by atoms with Gasteiger partial charge in [-0.2, -0.15) is 0 Å². The van der Waals surface area contributed by atoms with Crippen LogP contribution in [0.1, 0.15) is 35.8 Å². The van der Waals surface area contributed by atoms with Crippen LogP contribution < -0.4 is 16.4 Å². The van der Waals surface area contributed by atoms with Crippen molar-refractivity contribution in [3.05, 3.63) is 76.2 Å². The smallest absolute Gasteiger partial charge is 0.323 e. The molecule has 33 heavy (non-hydrogen) atoms. The van der Waals surface area contributed by atoms with Crippen LogP contribution in [0.3, 0.4) is 0 Å². The van der Waals surface area contributed by atoms with E-state index in [4.69, 9.17) is 28.9 Å². The Morgan fingerprint density at radius 3 is 2.42 bits per heavy atom. The topological polar surface area (TPSA) is 115 Å². The highest BCUT2D eigenvalue weighted by atomic mass is 35.5. The average molecular weight is 483 g/mol. The number of urea groups is 1. The summed E-state index contributed by atoms with van der Waals surface area (Å²) in [6.07, 6.45) is 3.06. The molecule has 0 atom stereocenters. The maximum absolute atomic E-state index is 13.5. The largest absolute Gasteiger partial charge is 0.383 e. The second-order valence-corrected chi connectivity index (χ2v) is 8.40. The maximum Gasteiger partial charge on any atom is 0.323 e. The number of benzene rings is 2. The lowest BCUT2D eigenvalue weighted by Gasteiger charge is -2.11. The molecule has 0 aliphatic carbocycles. The summed E-state index contributed by atoms with van der Waals surface area (Å²) in [6, 6.07) is 11.0. The molecule has 4 rings (SSSR count). The summed E-state index contributed by atoms with van der Waals surface area (Å²) in [6.45, 7) is 3.95. The van der Waals surface area contributed by atoms with Crippen molar-refractivity contribution >= 4 is 63.2 Å². The van der Waals surface area contributed by atoms with Crippen LogP contribution in [-0.4, -0.2) is 26.3 Å². The SMILES string of the molecule is CC(C)n1cc(C(=O)c2cccc(NC(=O)Nc3ccc(Cl)cc3)c2Cl)c2c(N)ncnc21. The van der Waals surface area contributed by atoms with Crippen LogP contribution in [-0.2, 0) is 0 Å². The fraction of sp³-hybridized carbons (Fsp3) is 0.130. The molecule has 0 spiro atoms. The number of nitrogens with one attached hydrogen (secondary N) is 2. The van der Waals surface area contributed by atoms with E-state index in [1.54, 1.807) is 48.7 Å². The lowest BCUT2D eigenvalue weighted by molar-refractivity contribution is 0.104. The number of rotatable bonds is 5. The summed E-state index contributed by atoms with van der Waals surface area (Å²) in [4.78, 5) is 34.2. The molecular weight excluding hydrogens is 463 g/mol. The second-order valence-electron chi connectivity index (χ2n) is 7.58. The van der Waals surface area contributed by atoms with Crippen LogP contribution in [0.25, 0.3) is 11.0 Å². The van der Waals surface area contributed by atoms with Gasteiger partial charge in [-0.3, -0.25) is 4.79 Å². The average Bonchev–Trinajstić information content (AvgIpc) is 3.18. The molecule has 0 saturated heterocycles. The molecule has 2 aromatic heterocycles. The van der Waals surface area contributed by atoms with Crippen molar-refractivity contribution in [2.24, 2.45) is 0 Å². The zero-order chi connectivity index (χ0) is 23.7. The monoisotopic (exact) mass is 482 g/mol. The van der Waals surface area contributed by atoms with Crippen LogP contribution in [0.4, 0.5) is 22.0 Å². The zero-order valence-corrected chi connectivity index (χ0v) is 19.3. The second kappa shape index (κ2) is 9.09. The number of halogens is 2. The number of amides is 2. The highest BCUT2D eigenvalue weighted by molar-refractivity contribution is 6.38. The molecule has 0 saturated carbocycles. The summed E-state index contributed by atoms with van der Waals surface area (Å²) in [5.74, 6) is -0.150. The van der Waals surface area contributed by atoms with E-state index in [9.17, 15) is 9.59 Å². The van der Waals surface area contributed by atoms with E-state index in [2.05, 4.69) is 20.6 Å². The summed E-state index contributed by atoms with van der Waals surface area (Å²) in [5, 5.41) is 6.48. The number of hydrogen-bond acceptors (Lipinski definition) is 5. The first-order valence-electron chi connectivity index (χ1n) is 10.0. The van der Waals surface area contributed by atoms with Gasteiger partial charge in [-0.15, -0.1) is 0 Å². The molecule has 168 valence electrons. The van der Waals surface area contributed by atoms with Gasteiger partial charge in [0.2, 0.25) is 0 Å². The van der Waals surface area contributed by atoms with E-state index in [0.29, 0.717) is 27.3 Å². The van der Waals surface area contributed by atoms with Gasteiger partial charge >= 0.3 is 6.03 Å². The predicted molar refractivity (Wildman–Crippen MR) is 131 cm³/mol. The lowest BCUT2D eigenvalue weighted by Crippen LogP contribution is -2.20. The molecule has 0 fully saturated rings. The third-order valence-electron chi connectivity index (χ3n) is 5.03. The Balaban J connectivity index is 1.66.